The van der Waals surface area contributed by atoms with E-state index in [1.807, 2.05) is 0 Å². The largest absolute Gasteiger partial charge is 0.222 e. The molecule has 0 saturated carbocycles. The predicted octanol–water partition coefficient (Wildman–Crippen LogP) is 2.28. The average molecular weight is 205 g/mol. The van der Waals surface area contributed by atoms with Crippen LogP contribution in [-0.4, -0.2) is 14.2 Å². The lowest BCUT2D eigenvalue weighted by atomic mass is 10.1. The zero-order valence-corrected chi connectivity index (χ0v) is 8.74. The quantitative estimate of drug-likeness (QED) is 0.770. The van der Waals surface area contributed by atoms with Crippen LogP contribution in [0.25, 0.3) is 0 Å². The van der Waals surface area contributed by atoms with Crippen LogP contribution in [0.2, 0.25) is 0 Å². The summed E-state index contributed by atoms with van der Waals surface area (Å²) < 4.78 is 1.77. The lowest BCUT2D eigenvalue weighted by Gasteiger charge is -2.03. The first-order valence-electron chi connectivity index (χ1n) is 4.38. The highest BCUT2D eigenvalue weighted by molar-refractivity contribution is 7.96. The smallest absolute Gasteiger partial charge is 0.138 e. The molecular weight excluding hydrogens is 194 g/mol. The van der Waals surface area contributed by atoms with Gasteiger partial charge in [0, 0.05) is 5.75 Å². The molecule has 72 valence electrons. The van der Waals surface area contributed by atoms with Crippen LogP contribution >= 0.6 is 11.9 Å². The Morgan fingerprint density at radius 3 is 2.93 bits per heavy atom. The number of nitrogens with zero attached hydrogens (tertiary/aromatic N) is 3. The van der Waals surface area contributed by atoms with Crippen LogP contribution in [0.4, 0.5) is 0 Å². The molecular formula is C10H11N3S. The van der Waals surface area contributed by atoms with Gasteiger partial charge in [-0.1, -0.05) is 24.3 Å². The van der Waals surface area contributed by atoms with Crippen molar-refractivity contribution < 1.29 is 0 Å². The molecule has 1 heterocycles. The molecule has 2 rings (SSSR count). The zero-order chi connectivity index (χ0) is 9.80. The molecule has 3 nitrogen and oxygen atoms in total. The minimum Gasteiger partial charge on any atom is -0.222 e. The van der Waals surface area contributed by atoms with Gasteiger partial charge in [-0.3, -0.25) is 0 Å². The standard InChI is InChI=1S/C10H11N3S/c1-9-4-2-3-5-10(9)6-14-13-8-11-7-12-13/h2-5,7-8H,6H2,1H3. The van der Waals surface area contributed by atoms with E-state index < -0.39 is 0 Å². The molecule has 0 N–H and O–H groups in total. The number of aromatic nitrogens is 3. The Labute approximate surface area is 87.3 Å². The van der Waals surface area contributed by atoms with Crippen LogP contribution in [0.15, 0.2) is 36.9 Å². The molecule has 2 aromatic rings. The lowest BCUT2D eigenvalue weighted by Crippen LogP contribution is -1.91. The Morgan fingerprint density at radius 2 is 2.21 bits per heavy atom. The van der Waals surface area contributed by atoms with Gasteiger partial charge in [0.15, 0.2) is 0 Å². The van der Waals surface area contributed by atoms with E-state index in [2.05, 4.69) is 41.3 Å². The molecule has 0 bridgehead atoms. The second-order valence-electron chi connectivity index (χ2n) is 3.00. The van der Waals surface area contributed by atoms with E-state index in [0.717, 1.165) is 5.75 Å². The molecule has 0 amide bonds. The van der Waals surface area contributed by atoms with Gasteiger partial charge < -0.3 is 0 Å². The highest BCUT2D eigenvalue weighted by Crippen LogP contribution is 2.15. The summed E-state index contributed by atoms with van der Waals surface area (Å²) in [5, 5.41) is 4.03. The van der Waals surface area contributed by atoms with E-state index in [1.54, 1.807) is 28.7 Å². The lowest BCUT2D eigenvalue weighted by molar-refractivity contribution is 1.00. The topological polar surface area (TPSA) is 30.7 Å². The van der Waals surface area contributed by atoms with Crippen LogP contribution in [-0.2, 0) is 5.75 Å². The highest BCUT2D eigenvalue weighted by atomic mass is 32.2. The SMILES string of the molecule is Cc1ccccc1CSn1cncn1. The van der Waals surface area contributed by atoms with E-state index in [9.17, 15) is 0 Å². The van der Waals surface area contributed by atoms with Crippen LogP contribution in [0.1, 0.15) is 11.1 Å². The zero-order valence-electron chi connectivity index (χ0n) is 7.92. The molecule has 0 aliphatic carbocycles. The van der Waals surface area contributed by atoms with Crippen molar-refractivity contribution in [3.05, 3.63) is 48.0 Å². The number of aryl methyl sites for hydroxylation is 1. The van der Waals surface area contributed by atoms with Crippen molar-refractivity contribution in [3.8, 4) is 0 Å². The highest BCUT2D eigenvalue weighted by Gasteiger charge is 1.98. The van der Waals surface area contributed by atoms with Gasteiger partial charge in [-0.05, 0) is 30.0 Å². The third kappa shape index (κ3) is 2.14. The summed E-state index contributed by atoms with van der Waals surface area (Å²) >= 11 is 1.64. The molecule has 0 unspecified atom stereocenters. The molecule has 0 atom stereocenters. The van der Waals surface area contributed by atoms with E-state index in [0.29, 0.717) is 0 Å². The predicted molar refractivity (Wildman–Crippen MR) is 57.9 cm³/mol. The molecule has 1 aromatic carbocycles. The molecule has 0 fully saturated rings. The molecule has 0 radical (unpaired) electrons. The fraction of sp³-hybridized carbons (Fsp3) is 0.200. The van der Waals surface area contributed by atoms with Gasteiger partial charge in [-0.2, -0.15) is 4.09 Å². The van der Waals surface area contributed by atoms with Crippen molar-refractivity contribution in [2.75, 3.05) is 0 Å². The summed E-state index contributed by atoms with van der Waals surface area (Å²) in [4.78, 5) is 3.89. The maximum Gasteiger partial charge on any atom is 0.138 e. The van der Waals surface area contributed by atoms with E-state index in [-0.39, 0.29) is 0 Å². The minimum absolute atomic E-state index is 0.927. The van der Waals surface area contributed by atoms with E-state index in [1.165, 1.54) is 11.1 Å². The van der Waals surface area contributed by atoms with Crippen LogP contribution in [0.5, 0.6) is 0 Å². The first kappa shape index (κ1) is 9.27. The van der Waals surface area contributed by atoms with Gasteiger partial charge >= 0.3 is 0 Å². The van der Waals surface area contributed by atoms with Gasteiger partial charge in [0.25, 0.3) is 0 Å². The van der Waals surface area contributed by atoms with Crippen molar-refractivity contribution in [2.45, 2.75) is 12.7 Å². The maximum absolute atomic E-state index is 4.03. The molecule has 0 aliphatic rings. The van der Waals surface area contributed by atoms with E-state index >= 15 is 0 Å². The van der Waals surface area contributed by atoms with Gasteiger partial charge in [0.2, 0.25) is 0 Å². The fourth-order valence-corrected chi connectivity index (χ4v) is 2.00. The Bertz CT molecular complexity index is 398. The maximum atomic E-state index is 4.03. The second kappa shape index (κ2) is 4.28. The first-order chi connectivity index (χ1) is 6.86. The van der Waals surface area contributed by atoms with Crippen molar-refractivity contribution in [3.63, 3.8) is 0 Å². The molecule has 14 heavy (non-hydrogen) atoms. The van der Waals surface area contributed by atoms with Gasteiger partial charge in [0.1, 0.15) is 12.7 Å². The third-order valence-corrected chi connectivity index (χ3v) is 2.90. The summed E-state index contributed by atoms with van der Waals surface area (Å²) in [6, 6.07) is 8.37. The molecule has 0 aliphatic heterocycles. The Balaban J connectivity index is 2.02. The summed E-state index contributed by atoms with van der Waals surface area (Å²) in [5.41, 5.74) is 2.66. The number of hydrogen-bond acceptors (Lipinski definition) is 3. The minimum atomic E-state index is 0.927. The molecule has 0 saturated heterocycles. The van der Waals surface area contributed by atoms with Crippen molar-refractivity contribution >= 4 is 11.9 Å². The summed E-state index contributed by atoms with van der Waals surface area (Å²) in [7, 11) is 0. The Hall–Kier alpha value is -1.29. The average Bonchev–Trinajstić information content (AvgIpc) is 2.69. The van der Waals surface area contributed by atoms with Crippen LogP contribution in [0.3, 0.4) is 0 Å². The van der Waals surface area contributed by atoms with Crippen LogP contribution in [0, 0.1) is 6.92 Å². The number of benzene rings is 1. The molecule has 4 heteroatoms. The van der Waals surface area contributed by atoms with Crippen molar-refractivity contribution in [2.24, 2.45) is 0 Å². The molecule has 1 aromatic heterocycles. The van der Waals surface area contributed by atoms with E-state index in [4.69, 9.17) is 0 Å². The fourth-order valence-electron chi connectivity index (χ4n) is 1.17. The summed E-state index contributed by atoms with van der Waals surface area (Å²) in [5.74, 6) is 0.927. The Morgan fingerprint density at radius 1 is 1.36 bits per heavy atom. The Kier molecular flexibility index (Phi) is 2.84. The first-order valence-corrected chi connectivity index (χ1v) is 5.33. The summed E-state index contributed by atoms with van der Waals surface area (Å²) in [6.45, 7) is 2.12. The monoisotopic (exact) mass is 205 g/mol. The van der Waals surface area contributed by atoms with Crippen LogP contribution < -0.4 is 0 Å². The summed E-state index contributed by atoms with van der Waals surface area (Å²) in [6.07, 6.45) is 3.26. The number of rotatable bonds is 3. The van der Waals surface area contributed by atoms with Gasteiger partial charge in [-0.15, -0.1) is 5.10 Å². The molecule has 0 spiro atoms. The number of hydrogen-bond donors (Lipinski definition) is 0. The van der Waals surface area contributed by atoms with Crippen molar-refractivity contribution in [1.82, 2.24) is 14.2 Å². The third-order valence-electron chi connectivity index (χ3n) is 2.01. The van der Waals surface area contributed by atoms with Gasteiger partial charge in [0.05, 0.1) is 0 Å². The second-order valence-corrected chi connectivity index (χ2v) is 3.92. The normalized spacial score (nSPS) is 10.4. The van der Waals surface area contributed by atoms with Crippen molar-refractivity contribution in [1.29, 1.82) is 0 Å². The van der Waals surface area contributed by atoms with Gasteiger partial charge in [-0.25, -0.2) is 4.98 Å².